The third-order valence-electron chi connectivity index (χ3n) is 7.14. The van der Waals surface area contributed by atoms with Crippen LogP contribution in [0, 0.1) is 6.92 Å². The Morgan fingerprint density at radius 3 is 2.44 bits per heavy atom. The van der Waals surface area contributed by atoms with E-state index in [-0.39, 0.29) is 29.4 Å². The summed E-state index contributed by atoms with van der Waals surface area (Å²) >= 11 is 7.72. The molecule has 6 nitrogen and oxygen atoms in total. The molecular formula is C27H30ClN3O3S2. The molecule has 1 fully saturated rings. The van der Waals surface area contributed by atoms with Gasteiger partial charge in [-0.25, -0.2) is 8.42 Å². The molecule has 0 radical (unpaired) electrons. The number of hydrogen-bond acceptors (Lipinski definition) is 5. The molecule has 0 aliphatic carbocycles. The maximum atomic E-state index is 13.5. The SMILES string of the molecule is Cc1ccc([C@@H]2c3ccsc3CCN2CC(=O)N2CCN(S(=O)(=O)c3ccc(Cl)cc3)[C@H](C)C2)cc1. The summed E-state index contributed by atoms with van der Waals surface area (Å²) in [5, 5.41) is 2.63. The highest BCUT2D eigenvalue weighted by Crippen LogP contribution is 2.37. The van der Waals surface area contributed by atoms with Gasteiger partial charge in [-0.3, -0.25) is 9.69 Å². The van der Waals surface area contributed by atoms with Crippen LogP contribution in [0.5, 0.6) is 0 Å². The number of benzene rings is 2. The van der Waals surface area contributed by atoms with E-state index < -0.39 is 10.0 Å². The summed E-state index contributed by atoms with van der Waals surface area (Å²) < 4.78 is 27.9. The zero-order chi connectivity index (χ0) is 25.4. The molecule has 1 saturated heterocycles. The number of aryl methyl sites for hydroxylation is 1. The summed E-state index contributed by atoms with van der Waals surface area (Å²) in [6.45, 7) is 6.09. The van der Waals surface area contributed by atoms with Crippen molar-refractivity contribution in [3.05, 3.63) is 86.6 Å². The maximum absolute atomic E-state index is 13.5. The van der Waals surface area contributed by atoms with Crippen LogP contribution in [0.25, 0.3) is 0 Å². The number of piperazine rings is 1. The molecule has 3 aromatic rings. The highest BCUT2D eigenvalue weighted by Gasteiger charge is 2.37. The average Bonchev–Trinajstić information content (AvgIpc) is 3.33. The Kier molecular flexibility index (Phi) is 7.25. The second-order valence-corrected chi connectivity index (χ2v) is 12.9. The van der Waals surface area contributed by atoms with Crippen molar-refractivity contribution in [1.82, 2.24) is 14.1 Å². The van der Waals surface area contributed by atoms with Gasteiger partial charge < -0.3 is 4.90 Å². The van der Waals surface area contributed by atoms with E-state index in [1.165, 1.54) is 38.0 Å². The number of halogens is 1. The van der Waals surface area contributed by atoms with Crippen LogP contribution in [0.3, 0.4) is 0 Å². The van der Waals surface area contributed by atoms with Gasteiger partial charge in [0.05, 0.1) is 17.5 Å². The molecule has 2 atom stereocenters. The monoisotopic (exact) mass is 543 g/mol. The number of thiophene rings is 1. The first-order valence-corrected chi connectivity index (χ1v) is 14.9. The Bertz CT molecular complexity index is 1340. The average molecular weight is 544 g/mol. The molecule has 2 aliphatic rings. The highest BCUT2D eigenvalue weighted by atomic mass is 35.5. The molecule has 36 heavy (non-hydrogen) atoms. The molecule has 1 amide bonds. The predicted molar refractivity (Wildman–Crippen MR) is 144 cm³/mol. The van der Waals surface area contributed by atoms with Crippen LogP contribution in [0.1, 0.15) is 34.5 Å². The number of nitrogens with zero attached hydrogens (tertiary/aromatic N) is 3. The van der Waals surface area contributed by atoms with E-state index in [9.17, 15) is 13.2 Å². The second-order valence-electron chi connectivity index (χ2n) is 9.59. The Morgan fingerprint density at radius 1 is 1.03 bits per heavy atom. The van der Waals surface area contributed by atoms with E-state index in [0.29, 0.717) is 24.7 Å². The topological polar surface area (TPSA) is 60.9 Å². The smallest absolute Gasteiger partial charge is 0.243 e. The van der Waals surface area contributed by atoms with Crippen LogP contribution in [0.2, 0.25) is 5.02 Å². The van der Waals surface area contributed by atoms with Gasteiger partial charge in [0.1, 0.15) is 0 Å². The van der Waals surface area contributed by atoms with E-state index >= 15 is 0 Å². The molecule has 0 saturated carbocycles. The van der Waals surface area contributed by atoms with E-state index in [4.69, 9.17) is 11.6 Å². The first kappa shape index (κ1) is 25.4. The number of hydrogen-bond donors (Lipinski definition) is 0. The van der Waals surface area contributed by atoms with Crippen molar-refractivity contribution in [2.75, 3.05) is 32.7 Å². The minimum Gasteiger partial charge on any atom is -0.339 e. The van der Waals surface area contributed by atoms with Crippen LogP contribution < -0.4 is 0 Å². The lowest BCUT2D eigenvalue weighted by Crippen LogP contribution is -2.57. The van der Waals surface area contributed by atoms with Crippen LogP contribution in [0.15, 0.2) is 64.9 Å². The number of fused-ring (bicyclic) bond motifs is 1. The molecule has 190 valence electrons. The Morgan fingerprint density at radius 2 is 1.75 bits per heavy atom. The van der Waals surface area contributed by atoms with Crippen molar-refractivity contribution in [1.29, 1.82) is 0 Å². The molecule has 9 heteroatoms. The summed E-state index contributed by atoms with van der Waals surface area (Å²) in [6, 6.07) is 16.7. The first-order chi connectivity index (χ1) is 17.2. The normalized spacial score (nSPS) is 21.4. The maximum Gasteiger partial charge on any atom is 0.243 e. The lowest BCUT2D eigenvalue weighted by molar-refractivity contribution is -0.135. The first-order valence-electron chi connectivity index (χ1n) is 12.2. The summed E-state index contributed by atoms with van der Waals surface area (Å²) in [6.07, 6.45) is 0.937. The molecule has 3 heterocycles. The van der Waals surface area contributed by atoms with Crippen LogP contribution >= 0.6 is 22.9 Å². The molecule has 0 unspecified atom stereocenters. The van der Waals surface area contributed by atoms with Gasteiger partial charge in [-0.2, -0.15) is 4.31 Å². The minimum absolute atomic E-state index is 0.0428. The lowest BCUT2D eigenvalue weighted by Gasteiger charge is -2.41. The number of carbonyl (C=O) groups excluding carboxylic acids is 1. The van der Waals surface area contributed by atoms with Crippen molar-refractivity contribution in [2.45, 2.75) is 37.2 Å². The molecule has 5 rings (SSSR count). The Labute approximate surface area is 222 Å². The largest absolute Gasteiger partial charge is 0.339 e. The summed E-state index contributed by atoms with van der Waals surface area (Å²) in [5.41, 5.74) is 3.69. The zero-order valence-electron chi connectivity index (χ0n) is 20.4. The summed E-state index contributed by atoms with van der Waals surface area (Å²) in [5.74, 6) is 0.0428. The molecular weight excluding hydrogens is 514 g/mol. The summed E-state index contributed by atoms with van der Waals surface area (Å²) in [7, 11) is -3.65. The van der Waals surface area contributed by atoms with Crippen molar-refractivity contribution in [2.24, 2.45) is 0 Å². The van der Waals surface area contributed by atoms with Gasteiger partial charge in [0.15, 0.2) is 0 Å². The van der Waals surface area contributed by atoms with Gasteiger partial charge >= 0.3 is 0 Å². The number of sulfonamides is 1. The van der Waals surface area contributed by atoms with Gasteiger partial charge in [-0.15, -0.1) is 11.3 Å². The minimum atomic E-state index is -3.65. The molecule has 0 spiro atoms. The van der Waals surface area contributed by atoms with E-state index in [2.05, 4.69) is 47.5 Å². The zero-order valence-corrected chi connectivity index (χ0v) is 22.8. The fraction of sp³-hybridized carbons (Fsp3) is 0.370. The van der Waals surface area contributed by atoms with Gasteiger partial charge in [0, 0.05) is 42.1 Å². The third-order valence-corrected chi connectivity index (χ3v) is 10.4. The van der Waals surface area contributed by atoms with Gasteiger partial charge in [-0.05, 0) is 67.1 Å². The van der Waals surface area contributed by atoms with E-state index in [0.717, 1.165) is 13.0 Å². The fourth-order valence-electron chi connectivity index (χ4n) is 5.22. The van der Waals surface area contributed by atoms with Crippen LogP contribution in [-0.4, -0.2) is 67.2 Å². The Hall–Kier alpha value is -2.23. The predicted octanol–water partition coefficient (Wildman–Crippen LogP) is 4.58. The van der Waals surface area contributed by atoms with Crippen molar-refractivity contribution in [3.8, 4) is 0 Å². The third kappa shape index (κ3) is 4.97. The van der Waals surface area contributed by atoms with Gasteiger partial charge in [0.2, 0.25) is 15.9 Å². The van der Waals surface area contributed by atoms with E-state index in [1.54, 1.807) is 23.5 Å². The van der Waals surface area contributed by atoms with Gasteiger partial charge in [0.25, 0.3) is 0 Å². The van der Waals surface area contributed by atoms with Crippen molar-refractivity contribution in [3.63, 3.8) is 0 Å². The van der Waals surface area contributed by atoms with Gasteiger partial charge in [-0.1, -0.05) is 41.4 Å². The van der Waals surface area contributed by atoms with E-state index in [1.807, 2.05) is 11.8 Å². The summed E-state index contributed by atoms with van der Waals surface area (Å²) in [4.78, 5) is 19.2. The standard InChI is InChI=1S/C27H30ClN3O3S2/c1-19-3-5-21(6-4-19)27-24-12-16-35-25(24)11-13-30(27)18-26(32)29-14-15-31(20(2)17-29)36(33,34)23-9-7-22(28)8-10-23/h3-10,12,16,20,27H,11,13-15,17-18H2,1-2H3/t20-,27-/m1/s1. The molecule has 0 N–H and O–H groups in total. The Balaban J connectivity index is 1.30. The molecule has 2 aromatic carbocycles. The molecule has 0 bridgehead atoms. The molecule has 2 aliphatic heterocycles. The number of rotatable bonds is 5. The van der Waals surface area contributed by atoms with Crippen molar-refractivity contribution < 1.29 is 13.2 Å². The van der Waals surface area contributed by atoms with Crippen LogP contribution in [0.4, 0.5) is 0 Å². The quantitative estimate of drug-likeness (QED) is 0.472. The fourth-order valence-corrected chi connectivity index (χ4v) is 7.86. The second kappa shape index (κ2) is 10.3. The number of amides is 1. The van der Waals surface area contributed by atoms with Crippen molar-refractivity contribution >= 4 is 38.9 Å². The highest BCUT2D eigenvalue weighted by molar-refractivity contribution is 7.89. The lowest BCUT2D eigenvalue weighted by atomic mass is 9.92. The van der Waals surface area contributed by atoms with Crippen LogP contribution in [-0.2, 0) is 21.2 Å². The number of carbonyl (C=O) groups is 1. The molecule has 1 aromatic heterocycles.